The van der Waals surface area contributed by atoms with Crippen LogP contribution in [0.5, 0.6) is 0 Å². The third-order valence-electron chi connectivity index (χ3n) is 3.99. The average molecular weight is 270 g/mol. The molecule has 0 radical (unpaired) electrons. The molecule has 1 aromatic heterocycles. The SMILES string of the molecule is Cc1nn(-c2ccccc2)c(N2CCCCCC2)c1N. The maximum Gasteiger partial charge on any atom is 0.155 e. The third-order valence-corrected chi connectivity index (χ3v) is 3.99. The molecule has 4 nitrogen and oxygen atoms in total. The molecule has 0 unspecified atom stereocenters. The number of nitrogens with zero attached hydrogens (tertiary/aromatic N) is 3. The minimum absolute atomic E-state index is 0.816. The molecule has 20 heavy (non-hydrogen) atoms. The Balaban J connectivity index is 2.04. The van der Waals surface area contributed by atoms with Crippen LogP contribution in [-0.4, -0.2) is 22.9 Å². The first-order chi connectivity index (χ1) is 9.77. The summed E-state index contributed by atoms with van der Waals surface area (Å²) in [6.45, 7) is 4.13. The molecule has 0 amide bonds. The molecule has 1 fully saturated rings. The van der Waals surface area contributed by atoms with Crippen molar-refractivity contribution in [3.8, 4) is 5.69 Å². The number of hydrogen-bond donors (Lipinski definition) is 1. The fourth-order valence-corrected chi connectivity index (χ4v) is 2.86. The van der Waals surface area contributed by atoms with Crippen LogP contribution in [0.4, 0.5) is 11.5 Å². The van der Waals surface area contributed by atoms with E-state index < -0.39 is 0 Å². The Morgan fingerprint density at radius 2 is 1.65 bits per heavy atom. The highest BCUT2D eigenvalue weighted by Gasteiger charge is 2.20. The van der Waals surface area contributed by atoms with Gasteiger partial charge in [-0.25, -0.2) is 4.68 Å². The first-order valence-electron chi connectivity index (χ1n) is 7.43. The Hall–Kier alpha value is -1.97. The number of benzene rings is 1. The van der Waals surface area contributed by atoms with Crippen LogP contribution >= 0.6 is 0 Å². The molecule has 1 aliphatic rings. The lowest BCUT2D eigenvalue weighted by Gasteiger charge is -2.24. The van der Waals surface area contributed by atoms with Crippen LogP contribution < -0.4 is 10.6 Å². The van der Waals surface area contributed by atoms with E-state index in [0.29, 0.717) is 0 Å². The van der Waals surface area contributed by atoms with E-state index >= 15 is 0 Å². The van der Waals surface area contributed by atoms with Crippen molar-refractivity contribution in [3.05, 3.63) is 36.0 Å². The van der Waals surface area contributed by atoms with Crippen LogP contribution in [-0.2, 0) is 0 Å². The number of hydrogen-bond acceptors (Lipinski definition) is 3. The monoisotopic (exact) mass is 270 g/mol. The summed E-state index contributed by atoms with van der Waals surface area (Å²) in [7, 11) is 0. The van der Waals surface area contributed by atoms with Gasteiger partial charge in [0.05, 0.1) is 17.1 Å². The number of para-hydroxylation sites is 1. The van der Waals surface area contributed by atoms with Crippen molar-refractivity contribution in [1.82, 2.24) is 9.78 Å². The highest BCUT2D eigenvalue weighted by molar-refractivity contribution is 5.68. The Kier molecular flexibility index (Phi) is 3.63. The van der Waals surface area contributed by atoms with Crippen LogP contribution in [0.2, 0.25) is 0 Å². The van der Waals surface area contributed by atoms with Crippen LogP contribution in [0.25, 0.3) is 5.69 Å². The molecule has 0 aliphatic carbocycles. The summed E-state index contributed by atoms with van der Waals surface area (Å²) >= 11 is 0. The zero-order valence-corrected chi connectivity index (χ0v) is 12.0. The molecule has 0 bridgehead atoms. The zero-order chi connectivity index (χ0) is 13.9. The molecule has 1 aliphatic heterocycles. The maximum atomic E-state index is 6.30. The van der Waals surface area contributed by atoms with E-state index in [1.54, 1.807) is 0 Å². The fourth-order valence-electron chi connectivity index (χ4n) is 2.86. The van der Waals surface area contributed by atoms with Gasteiger partial charge < -0.3 is 10.6 Å². The van der Waals surface area contributed by atoms with Crippen molar-refractivity contribution in [1.29, 1.82) is 0 Å². The summed E-state index contributed by atoms with van der Waals surface area (Å²) in [6.07, 6.45) is 5.10. The highest BCUT2D eigenvalue weighted by atomic mass is 15.4. The first-order valence-corrected chi connectivity index (χ1v) is 7.43. The second-order valence-corrected chi connectivity index (χ2v) is 5.47. The molecule has 0 spiro atoms. The Morgan fingerprint density at radius 1 is 1.00 bits per heavy atom. The van der Waals surface area contributed by atoms with Crippen LogP contribution in [0.1, 0.15) is 31.4 Å². The lowest BCUT2D eigenvalue weighted by molar-refractivity contribution is 0.726. The Bertz CT molecular complexity index is 566. The summed E-state index contributed by atoms with van der Waals surface area (Å²) in [6, 6.07) is 10.2. The molecule has 1 aromatic carbocycles. The molecule has 1 saturated heterocycles. The molecule has 0 atom stereocenters. The van der Waals surface area contributed by atoms with Gasteiger partial charge in [0.25, 0.3) is 0 Å². The van der Waals surface area contributed by atoms with E-state index in [1.807, 2.05) is 29.8 Å². The van der Waals surface area contributed by atoms with E-state index in [0.717, 1.165) is 36.0 Å². The van der Waals surface area contributed by atoms with Gasteiger partial charge in [0.15, 0.2) is 5.82 Å². The first kappa shape index (κ1) is 13.0. The van der Waals surface area contributed by atoms with Crippen molar-refractivity contribution >= 4 is 11.5 Å². The van der Waals surface area contributed by atoms with E-state index in [9.17, 15) is 0 Å². The molecular weight excluding hydrogens is 248 g/mol. The molecule has 2 heterocycles. The van der Waals surface area contributed by atoms with Gasteiger partial charge in [0.1, 0.15) is 0 Å². The largest absolute Gasteiger partial charge is 0.394 e. The predicted octanol–water partition coefficient (Wildman–Crippen LogP) is 3.14. The van der Waals surface area contributed by atoms with Gasteiger partial charge in [-0.2, -0.15) is 5.10 Å². The van der Waals surface area contributed by atoms with Gasteiger partial charge in [-0.1, -0.05) is 31.0 Å². The van der Waals surface area contributed by atoms with Gasteiger partial charge >= 0.3 is 0 Å². The smallest absolute Gasteiger partial charge is 0.155 e. The standard InChI is InChI=1S/C16H22N4/c1-13-15(17)16(19-11-7-2-3-8-12-19)20(18-13)14-9-5-4-6-10-14/h4-6,9-10H,2-3,7-8,11-12,17H2,1H3. The zero-order valence-electron chi connectivity index (χ0n) is 12.0. The summed E-state index contributed by atoms with van der Waals surface area (Å²) in [5.41, 5.74) is 9.10. The van der Waals surface area contributed by atoms with Gasteiger partial charge in [-0.15, -0.1) is 0 Å². The maximum absolute atomic E-state index is 6.30. The number of aryl methyl sites for hydroxylation is 1. The van der Waals surface area contributed by atoms with Gasteiger partial charge in [-0.3, -0.25) is 0 Å². The summed E-state index contributed by atoms with van der Waals surface area (Å²) in [5, 5.41) is 4.64. The van der Waals surface area contributed by atoms with E-state index in [1.165, 1.54) is 25.7 Å². The summed E-state index contributed by atoms with van der Waals surface area (Å²) in [4.78, 5) is 2.40. The van der Waals surface area contributed by atoms with Crippen LogP contribution in [0, 0.1) is 6.92 Å². The number of nitrogens with two attached hydrogens (primary N) is 1. The quantitative estimate of drug-likeness (QED) is 0.912. The van der Waals surface area contributed by atoms with Crippen LogP contribution in [0.3, 0.4) is 0 Å². The molecule has 4 heteroatoms. The minimum atomic E-state index is 0.816. The number of anilines is 2. The van der Waals surface area contributed by atoms with Crippen molar-refractivity contribution < 1.29 is 0 Å². The van der Waals surface area contributed by atoms with Crippen molar-refractivity contribution in [3.63, 3.8) is 0 Å². The van der Waals surface area contributed by atoms with Crippen molar-refractivity contribution in [2.75, 3.05) is 23.7 Å². The number of nitrogen functional groups attached to an aromatic ring is 1. The van der Waals surface area contributed by atoms with Gasteiger partial charge in [-0.05, 0) is 31.9 Å². The average Bonchev–Trinajstić information content (AvgIpc) is 2.68. The number of rotatable bonds is 2. The molecule has 2 N–H and O–H groups in total. The van der Waals surface area contributed by atoms with E-state index in [2.05, 4.69) is 22.1 Å². The van der Waals surface area contributed by atoms with Gasteiger partial charge in [0.2, 0.25) is 0 Å². The van der Waals surface area contributed by atoms with E-state index in [4.69, 9.17) is 5.73 Å². The lowest BCUT2D eigenvalue weighted by atomic mass is 10.2. The fraction of sp³-hybridized carbons (Fsp3) is 0.438. The Morgan fingerprint density at radius 3 is 2.30 bits per heavy atom. The van der Waals surface area contributed by atoms with Crippen LogP contribution in [0.15, 0.2) is 30.3 Å². The molecule has 2 aromatic rings. The third kappa shape index (κ3) is 2.38. The second-order valence-electron chi connectivity index (χ2n) is 5.47. The number of aromatic nitrogens is 2. The minimum Gasteiger partial charge on any atom is -0.394 e. The molecule has 3 rings (SSSR count). The molecule has 0 saturated carbocycles. The highest BCUT2D eigenvalue weighted by Crippen LogP contribution is 2.31. The van der Waals surface area contributed by atoms with Gasteiger partial charge in [0, 0.05) is 13.1 Å². The summed E-state index contributed by atoms with van der Waals surface area (Å²) in [5.74, 6) is 1.07. The lowest BCUT2D eigenvalue weighted by Crippen LogP contribution is -2.27. The van der Waals surface area contributed by atoms with Crippen molar-refractivity contribution in [2.24, 2.45) is 0 Å². The van der Waals surface area contributed by atoms with Crippen molar-refractivity contribution in [2.45, 2.75) is 32.6 Å². The normalized spacial score (nSPS) is 16.1. The topological polar surface area (TPSA) is 47.1 Å². The Labute approximate surface area is 120 Å². The molecular formula is C16H22N4. The summed E-state index contributed by atoms with van der Waals surface area (Å²) < 4.78 is 2.00. The second kappa shape index (κ2) is 5.57. The molecule has 106 valence electrons. The van der Waals surface area contributed by atoms with E-state index in [-0.39, 0.29) is 0 Å². The predicted molar refractivity (Wildman–Crippen MR) is 83.4 cm³/mol.